The van der Waals surface area contributed by atoms with Gasteiger partial charge in [-0.05, 0) is 49.5 Å². The van der Waals surface area contributed by atoms with E-state index in [0.29, 0.717) is 18.9 Å². The molecule has 108 valence electrons. The van der Waals surface area contributed by atoms with E-state index in [1.54, 1.807) is 0 Å². The summed E-state index contributed by atoms with van der Waals surface area (Å²) in [6, 6.07) is 8.37. The molecule has 1 aromatic carbocycles. The summed E-state index contributed by atoms with van der Waals surface area (Å²) < 4.78 is 0. The van der Waals surface area contributed by atoms with Gasteiger partial charge in [0.2, 0.25) is 12.3 Å². The van der Waals surface area contributed by atoms with E-state index in [0.717, 1.165) is 18.8 Å². The lowest BCUT2D eigenvalue weighted by Crippen LogP contribution is -2.54. The fourth-order valence-electron chi connectivity index (χ4n) is 3.00. The SMILES string of the molecule is O=C1CCN(c2ccc(C3CCNCC3)cc2)C(O)N1. The van der Waals surface area contributed by atoms with Gasteiger partial charge in [0.05, 0.1) is 0 Å². The van der Waals surface area contributed by atoms with Crippen molar-refractivity contribution in [3.63, 3.8) is 0 Å². The number of hydrogen-bond acceptors (Lipinski definition) is 4. The summed E-state index contributed by atoms with van der Waals surface area (Å²) in [5.41, 5.74) is 2.32. The van der Waals surface area contributed by atoms with E-state index in [9.17, 15) is 9.90 Å². The Hall–Kier alpha value is -1.59. The molecule has 2 aliphatic heterocycles. The van der Waals surface area contributed by atoms with Crippen molar-refractivity contribution >= 4 is 11.6 Å². The van der Waals surface area contributed by atoms with Gasteiger partial charge in [0.25, 0.3) is 0 Å². The van der Waals surface area contributed by atoms with Crippen LogP contribution in [0.2, 0.25) is 0 Å². The van der Waals surface area contributed by atoms with Crippen molar-refractivity contribution in [3.8, 4) is 0 Å². The van der Waals surface area contributed by atoms with Crippen LogP contribution in [0.5, 0.6) is 0 Å². The molecule has 3 rings (SSSR count). The molecule has 1 atom stereocenters. The molecule has 0 saturated carbocycles. The van der Waals surface area contributed by atoms with Crippen LogP contribution in [-0.2, 0) is 4.79 Å². The number of anilines is 1. The summed E-state index contributed by atoms with van der Waals surface area (Å²) in [4.78, 5) is 13.0. The van der Waals surface area contributed by atoms with Crippen molar-refractivity contribution in [2.45, 2.75) is 31.5 Å². The zero-order valence-electron chi connectivity index (χ0n) is 11.5. The summed E-state index contributed by atoms with van der Waals surface area (Å²) in [5.74, 6) is 0.538. The number of aliphatic hydroxyl groups excluding tert-OH is 1. The minimum atomic E-state index is -0.916. The molecule has 1 unspecified atom stereocenters. The molecule has 0 aromatic heterocycles. The average molecular weight is 275 g/mol. The summed E-state index contributed by atoms with van der Waals surface area (Å²) in [5, 5.41) is 15.8. The molecule has 0 aliphatic carbocycles. The number of nitrogens with one attached hydrogen (secondary N) is 2. The minimum absolute atomic E-state index is 0.0972. The topological polar surface area (TPSA) is 64.6 Å². The Morgan fingerprint density at radius 1 is 1.15 bits per heavy atom. The van der Waals surface area contributed by atoms with Gasteiger partial charge in [0, 0.05) is 18.7 Å². The Morgan fingerprint density at radius 3 is 2.50 bits per heavy atom. The number of rotatable bonds is 2. The van der Waals surface area contributed by atoms with Gasteiger partial charge in [-0.25, -0.2) is 0 Å². The molecule has 2 heterocycles. The van der Waals surface area contributed by atoms with E-state index < -0.39 is 6.35 Å². The molecule has 5 heteroatoms. The molecule has 2 fully saturated rings. The first-order valence-corrected chi connectivity index (χ1v) is 7.29. The highest BCUT2D eigenvalue weighted by Crippen LogP contribution is 2.27. The smallest absolute Gasteiger partial charge is 0.225 e. The lowest BCUT2D eigenvalue weighted by Gasteiger charge is -2.34. The lowest BCUT2D eigenvalue weighted by atomic mass is 9.90. The van der Waals surface area contributed by atoms with Crippen LogP contribution < -0.4 is 15.5 Å². The predicted molar refractivity (Wildman–Crippen MR) is 77.4 cm³/mol. The first kappa shape index (κ1) is 13.4. The number of carbonyl (C=O) groups is 1. The maximum absolute atomic E-state index is 11.2. The minimum Gasteiger partial charge on any atom is -0.356 e. The van der Waals surface area contributed by atoms with Gasteiger partial charge in [-0.2, -0.15) is 0 Å². The summed E-state index contributed by atoms with van der Waals surface area (Å²) in [6.07, 6.45) is 1.87. The van der Waals surface area contributed by atoms with Crippen LogP contribution in [0, 0.1) is 0 Å². The first-order chi connectivity index (χ1) is 9.74. The quantitative estimate of drug-likeness (QED) is 0.745. The first-order valence-electron chi connectivity index (χ1n) is 7.29. The molecule has 0 bridgehead atoms. The molecule has 2 saturated heterocycles. The third-order valence-corrected chi connectivity index (χ3v) is 4.20. The van der Waals surface area contributed by atoms with Crippen molar-refractivity contribution in [1.29, 1.82) is 0 Å². The molecule has 1 amide bonds. The van der Waals surface area contributed by atoms with E-state index in [4.69, 9.17) is 0 Å². The Morgan fingerprint density at radius 2 is 1.85 bits per heavy atom. The van der Waals surface area contributed by atoms with E-state index in [1.165, 1.54) is 18.4 Å². The van der Waals surface area contributed by atoms with Crippen molar-refractivity contribution < 1.29 is 9.90 Å². The number of carbonyl (C=O) groups excluding carboxylic acids is 1. The number of aliphatic hydroxyl groups is 1. The lowest BCUT2D eigenvalue weighted by molar-refractivity contribution is -0.125. The monoisotopic (exact) mass is 275 g/mol. The Balaban J connectivity index is 1.70. The molecule has 20 heavy (non-hydrogen) atoms. The highest BCUT2D eigenvalue weighted by Gasteiger charge is 2.24. The number of benzene rings is 1. The van der Waals surface area contributed by atoms with Gasteiger partial charge in [-0.3, -0.25) is 4.79 Å². The molecule has 5 nitrogen and oxygen atoms in total. The Labute approximate surface area is 119 Å². The molecule has 3 N–H and O–H groups in total. The maximum Gasteiger partial charge on any atom is 0.225 e. The highest BCUT2D eigenvalue weighted by molar-refractivity contribution is 5.78. The van der Waals surface area contributed by atoms with Crippen molar-refractivity contribution in [2.75, 3.05) is 24.5 Å². The van der Waals surface area contributed by atoms with Crippen molar-refractivity contribution in [3.05, 3.63) is 29.8 Å². The van der Waals surface area contributed by atoms with E-state index in [1.807, 2.05) is 17.0 Å². The molecule has 1 aromatic rings. The molecular weight excluding hydrogens is 254 g/mol. The van der Waals surface area contributed by atoms with Gasteiger partial charge < -0.3 is 20.6 Å². The van der Waals surface area contributed by atoms with Crippen LogP contribution in [0.3, 0.4) is 0 Å². The van der Waals surface area contributed by atoms with Crippen molar-refractivity contribution in [2.24, 2.45) is 0 Å². The maximum atomic E-state index is 11.2. The van der Waals surface area contributed by atoms with E-state index in [-0.39, 0.29) is 5.91 Å². The van der Waals surface area contributed by atoms with Crippen LogP contribution >= 0.6 is 0 Å². The molecule has 0 radical (unpaired) electrons. The standard InChI is InChI=1S/C15H21N3O2/c19-14-7-10-18(15(20)17-14)13-3-1-11(2-4-13)12-5-8-16-9-6-12/h1-4,12,15-16,20H,5-10H2,(H,17,19). The van der Waals surface area contributed by atoms with Crippen LogP contribution in [0.1, 0.15) is 30.7 Å². The second kappa shape index (κ2) is 5.81. The second-order valence-electron chi connectivity index (χ2n) is 5.50. The third-order valence-electron chi connectivity index (χ3n) is 4.20. The van der Waals surface area contributed by atoms with Gasteiger partial charge in [0.1, 0.15) is 0 Å². The average Bonchev–Trinajstić information content (AvgIpc) is 2.48. The second-order valence-corrected chi connectivity index (χ2v) is 5.50. The summed E-state index contributed by atoms with van der Waals surface area (Å²) in [6.45, 7) is 2.73. The fourth-order valence-corrected chi connectivity index (χ4v) is 3.00. The van der Waals surface area contributed by atoms with Gasteiger partial charge in [0.15, 0.2) is 0 Å². The van der Waals surface area contributed by atoms with Crippen LogP contribution in [-0.4, -0.2) is 37.0 Å². The van der Waals surface area contributed by atoms with Gasteiger partial charge in [-0.1, -0.05) is 12.1 Å². The van der Waals surface area contributed by atoms with Gasteiger partial charge >= 0.3 is 0 Å². The number of hydrogen-bond donors (Lipinski definition) is 3. The predicted octanol–water partition coefficient (Wildman–Crippen LogP) is 0.756. The highest BCUT2D eigenvalue weighted by atomic mass is 16.3. The Kier molecular flexibility index (Phi) is 3.89. The van der Waals surface area contributed by atoms with E-state index in [2.05, 4.69) is 22.8 Å². The van der Waals surface area contributed by atoms with E-state index >= 15 is 0 Å². The molecular formula is C15H21N3O2. The summed E-state index contributed by atoms with van der Waals surface area (Å²) >= 11 is 0. The number of nitrogens with zero attached hydrogens (tertiary/aromatic N) is 1. The molecule has 0 spiro atoms. The Bertz CT molecular complexity index is 469. The largest absolute Gasteiger partial charge is 0.356 e. The van der Waals surface area contributed by atoms with Gasteiger partial charge in [-0.15, -0.1) is 0 Å². The zero-order chi connectivity index (χ0) is 13.9. The fraction of sp³-hybridized carbons (Fsp3) is 0.533. The van der Waals surface area contributed by atoms with Crippen LogP contribution in [0.15, 0.2) is 24.3 Å². The normalized spacial score (nSPS) is 24.6. The third kappa shape index (κ3) is 2.78. The number of amides is 1. The summed E-state index contributed by atoms with van der Waals surface area (Å²) in [7, 11) is 0. The zero-order valence-corrected chi connectivity index (χ0v) is 11.5. The van der Waals surface area contributed by atoms with Crippen LogP contribution in [0.4, 0.5) is 5.69 Å². The van der Waals surface area contributed by atoms with Crippen LogP contribution in [0.25, 0.3) is 0 Å². The van der Waals surface area contributed by atoms with Crippen molar-refractivity contribution in [1.82, 2.24) is 10.6 Å². The number of piperidine rings is 1. The molecule has 2 aliphatic rings.